The Morgan fingerprint density at radius 3 is 3.00 bits per heavy atom. The van der Waals surface area contributed by atoms with Crippen molar-refractivity contribution in [3.63, 3.8) is 0 Å². The molecule has 1 fully saturated rings. The summed E-state index contributed by atoms with van der Waals surface area (Å²) in [5, 5.41) is 0. The number of hydrogen-bond donors (Lipinski definition) is 0. The maximum Gasteiger partial charge on any atom is 0.119 e. The molecule has 2 aliphatic heterocycles. The van der Waals surface area contributed by atoms with Gasteiger partial charge in [-0.05, 0) is 49.6 Å². The summed E-state index contributed by atoms with van der Waals surface area (Å²) in [6, 6.07) is 7.26. The van der Waals surface area contributed by atoms with E-state index in [-0.39, 0.29) is 0 Å². The average Bonchev–Trinajstić information content (AvgIpc) is 2.46. The molecular weight excluding hydrogens is 236 g/mol. The zero-order valence-electron chi connectivity index (χ0n) is 12.1. The van der Waals surface area contributed by atoms with E-state index < -0.39 is 0 Å². The van der Waals surface area contributed by atoms with Gasteiger partial charge in [0.25, 0.3) is 0 Å². The molecule has 3 nitrogen and oxygen atoms in total. The summed E-state index contributed by atoms with van der Waals surface area (Å²) in [7, 11) is 1.75. The van der Waals surface area contributed by atoms with E-state index in [0.29, 0.717) is 6.04 Å². The molecule has 3 heteroatoms. The first-order valence-electron chi connectivity index (χ1n) is 7.47. The fourth-order valence-electron chi connectivity index (χ4n) is 3.49. The number of aryl methyl sites for hydroxylation is 1. The molecule has 1 unspecified atom stereocenters. The average molecular weight is 260 g/mol. The molecule has 19 heavy (non-hydrogen) atoms. The van der Waals surface area contributed by atoms with Crippen molar-refractivity contribution in [3.8, 4) is 5.75 Å². The SMILES string of the molecule is CCCN1CCN2c3ccc(OC)cc3CCC2C1. The van der Waals surface area contributed by atoms with Crippen molar-refractivity contribution in [2.24, 2.45) is 0 Å². The molecule has 3 rings (SSSR count). The Bertz CT molecular complexity index is 446. The van der Waals surface area contributed by atoms with Crippen LogP contribution in [0.25, 0.3) is 0 Å². The number of hydrogen-bond acceptors (Lipinski definition) is 3. The number of methoxy groups -OCH3 is 1. The van der Waals surface area contributed by atoms with Crippen LogP contribution in [-0.4, -0.2) is 44.2 Å². The highest BCUT2D eigenvalue weighted by Gasteiger charge is 2.31. The minimum absolute atomic E-state index is 0.709. The number of benzene rings is 1. The van der Waals surface area contributed by atoms with Crippen LogP contribution in [0.2, 0.25) is 0 Å². The predicted molar refractivity (Wildman–Crippen MR) is 79.2 cm³/mol. The Labute approximate surface area is 116 Å². The lowest BCUT2D eigenvalue weighted by Gasteiger charge is -2.46. The van der Waals surface area contributed by atoms with E-state index in [1.165, 1.54) is 56.7 Å². The molecule has 0 spiro atoms. The quantitative estimate of drug-likeness (QED) is 0.830. The Morgan fingerprint density at radius 1 is 1.32 bits per heavy atom. The predicted octanol–water partition coefficient (Wildman–Crippen LogP) is 2.54. The Balaban J connectivity index is 1.79. The summed E-state index contributed by atoms with van der Waals surface area (Å²) < 4.78 is 5.34. The van der Waals surface area contributed by atoms with E-state index in [1.54, 1.807) is 7.11 Å². The Kier molecular flexibility index (Phi) is 3.65. The molecule has 2 aliphatic rings. The zero-order valence-corrected chi connectivity index (χ0v) is 12.1. The molecule has 0 saturated carbocycles. The van der Waals surface area contributed by atoms with Gasteiger partial charge in [-0.1, -0.05) is 6.92 Å². The minimum atomic E-state index is 0.709. The number of nitrogens with zero attached hydrogens (tertiary/aromatic N) is 2. The number of piperazine rings is 1. The second-order valence-electron chi connectivity index (χ2n) is 5.68. The number of rotatable bonds is 3. The highest BCUT2D eigenvalue weighted by atomic mass is 16.5. The summed E-state index contributed by atoms with van der Waals surface area (Å²) in [5.74, 6) is 0.988. The van der Waals surface area contributed by atoms with E-state index in [4.69, 9.17) is 4.74 Å². The molecule has 0 amide bonds. The lowest BCUT2D eigenvalue weighted by Crippen LogP contribution is -2.55. The molecular formula is C16H24N2O. The van der Waals surface area contributed by atoms with Gasteiger partial charge in [0.2, 0.25) is 0 Å². The van der Waals surface area contributed by atoms with Gasteiger partial charge in [0.05, 0.1) is 7.11 Å². The van der Waals surface area contributed by atoms with Crippen LogP contribution >= 0.6 is 0 Å². The lowest BCUT2D eigenvalue weighted by molar-refractivity contribution is 0.214. The summed E-state index contributed by atoms with van der Waals surface area (Å²) in [6.07, 6.45) is 3.73. The maximum atomic E-state index is 5.34. The normalized spacial score (nSPS) is 22.8. The fourth-order valence-corrected chi connectivity index (χ4v) is 3.49. The van der Waals surface area contributed by atoms with Crippen LogP contribution in [0.15, 0.2) is 18.2 Å². The van der Waals surface area contributed by atoms with Gasteiger partial charge in [0.1, 0.15) is 5.75 Å². The van der Waals surface area contributed by atoms with Crippen molar-refractivity contribution in [3.05, 3.63) is 23.8 Å². The van der Waals surface area contributed by atoms with Gasteiger partial charge in [-0.15, -0.1) is 0 Å². The first kappa shape index (κ1) is 12.8. The summed E-state index contributed by atoms with van der Waals surface area (Å²) in [6.45, 7) is 7.13. The molecule has 1 aromatic carbocycles. The van der Waals surface area contributed by atoms with Gasteiger partial charge < -0.3 is 9.64 Å². The van der Waals surface area contributed by atoms with Crippen LogP contribution in [0.1, 0.15) is 25.3 Å². The van der Waals surface area contributed by atoms with E-state index in [9.17, 15) is 0 Å². The van der Waals surface area contributed by atoms with Crippen LogP contribution in [0.3, 0.4) is 0 Å². The number of ether oxygens (including phenoxy) is 1. The molecule has 0 bridgehead atoms. The van der Waals surface area contributed by atoms with Crippen LogP contribution in [0, 0.1) is 0 Å². The van der Waals surface area contributed by atoms with E-state index in [1.807, 2.05) is 0 Å². The van der Waals surface area contributed by atoms with Crippen molar-refractivity contribution in [2.45, 2.75) is 32.2 Å². The lowest BCUT2D eigenvalue weighted by atomic mass is 9.93. The summed E-state index contributed by atoms with van der Waals surface area (Å²) in [5.41, 5.74) is 2.90. The third-order valence-electron chi connectivity index (χ3n) is 4.45. The maximum absolute atomic E-state index is 5.34. The monoisotopic (exact) mass is 260 g/mol. The zero-order chi connectivity index (χ0) is 13.2. The van der Waals surface area contributed by atoms with Crippen molar-refractivity contribution < 1.29 is 4.74 Å². The largest absolute Gasteiger partial charge is 0.497 e. The molecule has 0 radical (unpaired) electrons. The Morgan fingerprint density at radius 2 is 2.21 bits per heavy atom. The van der Waals surface area contributed by atoms with E-state index in [0.717, 1.165) is 5.75 Å². The van der Waals surface area contributed by atoms with Gasteiger partial charge in [-0.2, -0.15) is 0 Å². The van der Waals surface area contributed by atoms with Crippen molar-refractivity contribution in [2.75, 3.05) is 38.2 Å². The van der Waals surface area contributed by atoms with Crippen LogP contribution in [0.5, 0.6) is 5.75 Å². The number of anilines is 1. The summed E-state index contributed by atoms with van der Waals surface area (Å²) >= 11 is 0. The minimum Gasteiger partial charge on any atom is -0.497 e. The molecule has 2 heterocycles. The highest BCUT2D eigenvalue weighted by Crippen LogP contribution is 2.34. The van der Waals surface area contributed by atoms with E-state index in [2.05, 4.69) is 34.9 Å². The van der Waals surface area contributed by atoms with Crippen molar-refractivity contribution >= 4 is 5.69 Å². The van der Waals surface area contributed by atoms with E-state index >= 15 is 0 Å². The third kappa shape index (κ3) is 2.44. The fraction of sp³-hybridized carbons (Fsp3) is 0.625. The van der Waals surface area contributed by atoms with Crippen LogP contribution in [-0.2, 0) is 6.42 Å². The Hall–Kier alpha value is -1.22. The molecule has 1 atom stereocenters. The van der Waals surface area contributed by atoms with Gasteiger partial charge in [-0.3, -0.25) is 4.90 Å². The highest BCUT2D eigenvalue weighted by molar-refractivity contribution is 5.59. The third-order valence-corrected chi connectivity index (χ3v) is 4.45. The second kappa shape index (κ2) is 5.41. The molecule has 1 saturated heterocycles. The number of fused-ring (bicyclic) bond motifs is 3. The molecule has 0 aromatic heterocycles. The first-order valence-corrected chi connectivity index (χ1v) is 7.47. The molecule has 0 aliphatic carbocycles. The van der Waals surface area contributed by atoms with Crippen LogP contribution in [0.4, 0.5) is 5.69 Å². The molecule has 0 N–H and O–H groups in total. The van der Waals surface area contributed by atoms with Crippen molar-refractivity contribution in [1.29, 1.82) is 0 Å². The molecule has 1 aromatic rings. The van der Waals surface area contributed by atoms with Gasteiger partial charge in [0.15, 0.2) is 0 Å². The van der Waals surface area contributed by atoms with Gasteiger partial charge in [-0.25, -0.2) is 0 Å². The first-order chi connectivity index (χ1) is 9.31. The van der Waals surface area contributed by atoms with Crippen LogP contribution < -0.4 is 9.64 Å². The standard InChI is InChI=1S/C16H24N2O/c1-3-8-17-9-10-18-14(12-17)5-4-13-11-15(19-2)6-7-16(13)18/h6-7,11,14H,3-5,8-10,12H2,1-2H3. The van der Waals surface area contributed by atoms with Gasteiger partial charge >= 0.3 is 0 Å². The van der Waals surface area contributed by atoms with Gasteiger partial charge in [0, 0.05) is 31.4 Å². The second-order valence-corrected chi connectivity index (χ2v) is 5.68. The molecule has 104 valence electrons. The topological polar surface area (TPSA) is 15.7 Å². The summed E-state index contributed by atoms with van der Waals surface area (Å²) in [4.78, 5) is 5.24. The smallest absolute Gasteiger partial charge is 0.119 e. The van der Waals surface area contributed by atoms with Crippen molar-refractivity contribution in [1.82, 2.24) is 4.90 Å².